The van der Waals surface area contributed by atoms with Gasteiger partial charge in [0.2, 0.25) is 0 Å². The van der Waals surface area contributed by atoms with Crippen LogP contribution in [0.1, 0.15) is 39.7 Å². The summed E-state index contributed by atoms with van der Waals surface area (Å²) in [5.74, 6) is -0.392. The summed E-state index contributed by atoms with van der Waals surface area (Å²) < 4.78 is 1.33. The molecule has 0 amide bonds. The quantitative estimate of drug-likeness (QED) is 0.762. The number of thiophene rings is 1. The molecule has 0 spiro atoms. The van der Waals surface area contributed by atoms with E-state index in [-0.39, 0.29) is 29.8 Å². The van der Waals surface area contributed by atoms with Gasteiger partial charge in [-0.25, -0.2) is 4.79 Å². The molecule has 7 nitrogen and oxygen atoms in total. The van der Waals surface area contributed by atoms with Crippen molar-refractivity contribution >= 4 is 22.9 Å². The largest absolute Gasteiger partial charge is 0.384 e. The lowest BCUT2D eigenvalue weighted by Crippen LogP contribution is -2.38. The summed E-state index contributed by atoms with van der Waals surface area (Å²) >= 11 is 1.63. The highest BCUT2D eigenvalue weighted by Gasteiger charge is 2.30. The molecule has 2 aromatic heterocycles. The van der Waals surface area contributed by atoms with Crippen molar-refractivity contribution in [2.24, 2.45) is 0 Å². The van der Waals surface area contributed by atoms with E-state index in [9.17, 15) is 14.4 Å². The molecular weight excluding hydrogens is 328 g/mol. The number of rotatable bonds is 6. The standard InChI is InChI=1S/C16H20N4O3S/c1-9-5-6-24-12(9)8-19(2)7-11(21)13-14(17)20(10-3-4-10)16(23)18-15(13)22/h5-6,10H,3-4,7-8,17H2,1-2H3,(H,18,22,23). The number of carbonyl (C=O) groups excluding carboxylic acids is 1. The van der Waals surface area contributed by atoms with E-state index in [1.807, 2.05) is 30.3 Å². The summed E-state index contributed by atoms with van der Waals surface area (Å²) in [7, 11) is 1.82. The second kappa shape index (κ2) is 6.37. The maximum atomic E-state index is 12.6. The number of nitrogens with zero attached hydrogens (tertiary/aromatic N) is 2. The van der Waals surface area contributed by atoms with E-state index in [2.05, 4.69) is 4.98 Å². The second-order valence-corrected chi connectivity index (χ2v) is 7.24. The Bertz CT molecular complexity index is 891. The number of aryl methyl sites for hydroxylation is 1. The highest BCUT2D eigenvalue weighted by Crippen LogP contribution is 2.35. The first-order valence-corrected chi connectivity index (χ1v) is 8.65. The predicted molar refractivity (Wildman–Crippen MR) is 93.7 cm³/mol. The first-order chi connectivity index (χ1) is 11.4. The van der Waals surface area contributed by atoms with Crippen LogP contribution < -0.4 is 17.0 Å². The molecule has 8 heteroatoms. The molecule has 0 radical (unpaired) electrons. The molecule has 3 rings (SSSR count). The van der Waals surface area contributed by atoms with Crippen LogP contribution in [0.4, 0.5) is 5.82 Å². The Labute approximate surface area is 142 Å². The number of likely N-dealkylation sites (N-methyl/N-ethyl adjacent to an activating group) is 1. The van der Waals surface area contributed by atoms with Crippen molar-refractivity contribution in [3.63, 3.8) is 0 Å². The molecule has 0 bridgehead atoms. The van der Waals surface area contributed by atoms with Crippen LogP contribution in [-0.2, 0) is 6.54 Å². The number of hydrogen-bond donors (Lipinski definition) is 2. The third kappa shape index (κ3) is 3.20. The van der Waals surface area contributed by atoms with Crippen LogP contribution in [0.5, 0.6) is 0 Å². The molecular formula is C16H20N4O3S. The molecule has 0 aromatic carbocycles. The van der Waals surface area contributed by atoms with Crippen LogP contribution in [0.3, 0.4) is 0 Å². The summed E-state index contributed by atoms with van der Waals surface area (Å²) in [6.07, 6.45) is 1.67. The number of aromatic amines is 1. The number of aromatic nitrogens is 2. The highest BCUT2D eigenvalue weighted by molar-refractivity contribution is 7.10. The Morgan fingerprint density at radius 1 is 1.46 bits per heavy atom. The van der Waals surface area contributed by atoms with Gasteiger partial charge in [-0.1, -0.05) is 0 Å². The smallest absolute Gasteiger partial charge is 0.330 e. The van der Waals surface area contributed by atoms with E-state index in [0.717, 1.165) is 12.8 Å². The summed E-state index contributed by atoms with van der Waals surface area (Å²) in [5.41, 5.74) is 5.78. The topological polar surface area (TPSA) is 101 Å². The second-order valence-electron chi connectivity index (χ2n) is 6.24. The normalized spacial score (nSPS) is 14.3. The molecule has 2 heterocycles. The number of nitrogens with two attached hydrogens (primary N) is 1. The van der Waals surface area contributed by atoms with Gasteiger partial charge in [0.1, 0.15) is 11.4 Å². The van der Waals surface area contributed by atoms with Gasteiger partial charge in [-0.05, 0) is 43.8 Å². The number of nitrogens with one attached hydrogen (secondary N) is 1. The fourth-order valence-corrected chi connectivity index (χ4v) is 3.71. The molecule has 0 saturated heterocycles. The Morgan fingerprint density at radius 2 is 2.17 bits per heavy atom. The van der Waals surface area contributed by atoms with E-state index < -0.39 is 11.2 Å². The fourth-order valence-electron chi connectivity index (χ4n) is 2.72. The minimum Gasteiger partial charge on any atom is -0.384 e. The molecule has 128 valence electrons. The zero-order valence-electron chi connectivity index (χ0n) is 13.7. The number of carbonyl (C=O) groups is 1. The van der Waals surface area contributed by atoms with Crippen LogP contribution in [-0.4, -0.2) is 33.8 Å². The van der Waals surface area contributed by atoms with Gasteiger partial charge in [-0.3, -0.25) is 24.0 Å². The first-order valence-electron chi connectivity index (χ1n) is 7.77. The van der Waals surface area contributed by atoms with Crippen molar-refractivity contribution in [2.75, 3.05) is 19.3 Å². The van der Waals surface area contributed by atoms with Gasteiger partial charge in [-0.2, -0.15) is 0 Å². The van der Waals surface area contributed by atoms with Crippen LogP contribution in [0.25, 0.3) is 0 Å². The lowest BCUT2D eigenvalue weighted by atomic mass is 10.1. The molecule has 0 aliphatic heterocycles. The monoisotopic (exact) mass is 348 g/mol. The lowest BCUT2D eigenvalue weighted by Gasteiger charge is -2.17. The third-order valence-corrected chi connectivity index (χ3v) is 5.18. The Morgan fingerprint density at radius 3 is 2.75 bits per heavy atom. The fraction of sp³-hybridized carbons (Fsp3) is 0.438. The van der Waals surface area contributed by atoms with Crippen LogP contribution in [0, 0.1) is 6.92 Å². The van der Waals surface area contributed by atoms with E-state index in [4.69, 9.17) is 5.73 Å². The third-order valence-electron chi connectivity index (χ3n) is 4.17. The molecule has 0 unspecified atom stereocenters. The number of ketones is 1. The predicted octanol–water partition coefficient (Wildman–Crippen LogP) is 1.14. The number of H-pyrrole nitrogens is 1. The van der Waals surface area contributed by atoms with Gasteiger partial charge in [-0.15, -0.1) is 11.3 Å². The number of anilines is 1. The average molecular weight is 348 g/mol. The summed E-state index contributed by atoms with van der Waals surface area (Å²) in [4.78, 5) is 41.8. The molecule has 1 fully saturated rings. The van der Waals surface area contributed by atoms with E-state index >= 15 is 0 Å². The zero-order valence-corrected chi connectivity index (χ0v) is 14.5. The molecule has 0 atom stereocenters. The minimum absolute atomic E-state index is 0.00704. The molecule has 24 heavy (non-hydrogen) atoms. The Hall–Kier alpha value is -2.19. The van der Waals surface area contributed by atoms with Crippen molar-refractivity contribution in [3.8, 4) is 0 Å². The molecule has 3 N–H and O–H groups in total. The van der Waals surface area contributed by atoms with Crippen molar-refractivity contribution in [1.29, 1.82) is 0 Å². The van der Waals surface area contributed by atoms with Crippen molar-refractivity contribution < 1.29 is 4.79 Å². The van der Waals surface area contributed by atoms with Gasteiger partial charge < -0.3 is 5.73 Å². The summed E-state index contributed by atoms with van der Waals surface area (Å²) in [6.45, 7) is 2.71. The van der Waals surface area contributed by atoms with Crippen molar-refractivity contribution in [2.45, 2.75) is 32.4 Å². The average Bonchev–Trinajstić information content (AvgIpc) is 3.22. The maximum Gasteiger partial charge on any atom is 0.330 e. The van der Waals surface area contributed by atoms with Crippen molar-refractivity contribution in [1.82, 2.24) is 14.5 Å². The Kier molecular flexibility index (Phi) is 4.42. The van der Waals surface area contributed by atoms with E-state index in [1.165, 1.54) is 15.0 Å². The Balaban J connectivity index is 1.82. The highest BCUT2D eigenvalue weighted by atomic mass is 32.1. The maximum absolute atomic E-state index is 12.6. The van der Waals surface area contributed by atoms with E-state index in [1.54, 1.807) is 11.3 Å². The molecule has 2 aromatic rings. The number of nitrogen functional groups attached to an aromatic ring is 1. The van der Waals surface area contributed by atoms with Crippen LogP contribution >= 0.6 is 11.3 Å². The lowest BCUT2D eigenvalue weighted by molar-refractivity contribution is 0.0942. The SMILES string of the molecule is Cc1ccsc1CN(C)CC(=O)c1c(N)n(C2CC2)c(=O)[nH]c1=O. The first kappa shape index (κ1) is 16.7. The number of Topliss-reactive ketones (excluding diaryl/α,β-unsaturated/α-hetero) is 1. The molecule has 1 aliphatic carbocycles. The number of hydrogen-bond acceptors (Lipinski definition) is 6. The zero-order chi connectivity index (χ0) is 17.4. The summed E-state index contributed by atoms with van der Waals surface area (Å²) in [6, 6.07) is 2.02. The van der Waals surface area contributed by atoms with Crippen LogP contribution in [0.15, 0.2) is 21.0 Å². The minimum atomic E-state index is -0.708. The van der Waals surface area contributed by atoms with Gasteiger partial charge >= 0.3 is 5.69 Å². The van der Waals surface area contributed by atoms with Gasteiger partial charge in [0, 0.05) is 17.5 Å². The van der Waals surface area contributed by atoms with Crippen molar-refractivity contribution in [3.05, 3.63) is 48.3 Å². The van der Waals surface area contributed by atoms with Gasteiger partial charge in [0.05, 0.1) is 6.54 Å². The van der Waals surface area contributed by atoms with E-state index in [0.29, 0.717) is 6.54 Å². The summed E-state index contributed by atoms with van der Waals surface area (Å²) in [5, 5.41) is 2.01. The molecule has 1 aliphatic rings. The van der Waals surface area contributed by atoms with Gasteiger partial charge in [0.25, 0.3) is 5.56 Å². The van der Waals surface area contributed by atoms with Crippen LogP contribution in [0.2, 0.25) is 0 Å². The molecule has 1 saturated carbocycles. The van der Waals surface area contributed by atoms with Gasteiger partial charge in [0.15, 0.2) is 5.78 Å².